The third-order valence-electron chi connectivity index (χ3n) is 4.79. The first kappa shape index (κ1) is 16.6. The summed E-state index contributed by atoms with van der Waals surface area (Å²) in [5.41, 5.74) is 5.73. The van der Waals surface area contributed by atoms with Crippen molar-refractivity contribution in [3.05, 3.63) is 64.2 Å². The van der Waals surface area contributed by atoms with Crippen LogP contribution in [0.4, 0.5) is 0 Å². The molecule has 0 fully saturated rings. The highest BCUT2D eigenvalue weighted by Crippen LogP contribution is 2.24. The van der Waals surface area contributed by atoms with Crippen LogP contribution in [0.15, 0.2) is 36.4 Å². The van der Waals surface area contributed by atoms with Gasteiger partial charge in [-0.25, -0.2) is 0 Å². The van der Waals surface area contributed by atoms with Crippen LogP contribution in [0.2, 0.25) is 0 Å². The van der Waals surface area contributed by atoms with E-state index in [1.807, 2.05) is 32.2 Å². The molecule has 0 heterocycles. The van der Waals surface area contributed by atoms with Crippen LogP contribution in [0, 0.1) is 6.92 Å². The van der Waals surface area contributed by atoms with Gasteiger partial charge in [-0.1, -0.05) is 23.8 Å². The molecule has 3 rings (SSSR count). The number of amides is 1. The van der Waals surface area contributed by atoms with Gasteiger partial charge in [-0.2, -0.15) is 0 Å². The summed E-state index contributed by atoms with van der Waals surface area (Å²) in [4.78, 5) is 14.6. The van der Waals surface area contributed by atoms with Crippen LogP contribution in [-0.2, 0) is 19.4 Å². The molecule has 3 heteroatoms. The van der Waals surface area contributed by atoms with Crippen molar-refractivity contribution < 1.29 is 9.53 Å². The monoisotopic (exact) mass is 323 g/mol. The number of fused-ring (bicyclic) bond motifs is 1. The normalized spacial score (nSPS) is 13.3. The summed E-state index contributed by atoms with van der Waals surface area (Å²) in [7, 11) is 3.52. The fourth-order valence-electron chi connectivity index (χ4n) is 3.45. The van der Waals surface area contributed by atoms with Crippen LogP contribution in [-0.4, -0.2) is 25.0 Å². The second kappa shape index (κ2) is 7.08. The second-order valence-electron chi connectivity index (χ2n) is 6.67. The Morgan fingerprint density at radius 2 is 1.83 bits per heavy atom. The number of aryl methyl sites for hydroxylation is 3. The van der Waals surface area contributed by atoms with Gasteiger partial charge in [0.2, 0.25) is 0 Å². The molecule has 0 aromatic heterocycles. The van der Waals surface area contributed by atoms with Crippen LogP contribution in [0.5, 0.6) is 5.75 Å². The summed E-state index contributed by atoms with van der Waals surface area (Å²) in [5, 5.41) is 0. The molecule has 0 spiro atoms. The first-order valence-corrected chi connectivity index (χ1v) is 8.59. The van der Waals surface area contributed by atoms with Crippen molar-refractivity contribution in [1.82, 2.24) is 4.90 Å². The standard InChI is InChI=1S/C21H25NO2/c1-15-8-11-20(24-3)19(12-15)14-22(2)21(23)18-10-9-16-6-4-5-7-17(16)13-18/h8-13H,4-7,14H2,1-3H3. The molecule has 3 nitrogen and oxygen atoms in total. The Morgan fingerprint density at radius 3 is 2.58 bits per heavy atom. The van der Waals surface area contributed by atoms with E-state index in [0.717, 1.165) is 29.7 Å². The first-order valence-electron chi connectivity index (χ1n) is 8.59. The Morgan fingerprint density at radius 1 is 1.08 bits per heavy atom. The second-order valence-corrected chi connectivity index (χ2v) is 6.67. The number of benzene rings is 2. The van der Waals surface area contributed by atoms with Gasteiger partial charge >= 0.3 is 0 Å². The maximum atomic E-state index is 12.8. The van der Waals surface area contributed by atoms with Gasteiger partial charge in [-0.15, -0.1) is 0 Å². The molecule has 0 unspecified atom stereocenters. The zero-order chi connectivity index (χ0) is 17.1. The molecule has 2 aromatic carbocycles. The predicted octanol–water partition coefficient (Wildman–Crippen LogP) is 4.15. The molecule has 0 saturated heterocycles. The summed E-state index contributed by atoms with van der Waals surface area (Å²) >= 11 is 0. The Kier molecular flexibility index (Phi) is 4.89. The topological polar surface area (TPSA) is 29.5 Å². The number of carbonyl (C=O) groups excluding carboxylic acids is 1. The summed E-state index contributed by atoms with van der Waals surface area (Å²) in [6, 6.07) is 12.2. The van der Waals surface area contributed by atoms with Crippen LogP contribution in [0.3, 0.4) is 0 Å². The molecule has 2 aromatic rings. The average Bonchev–Trinajstić information content (AvgIpc) is 2.61. The van der Waals surface area contributed by atoms with E-state index >= 15 is 0 Å². The minimum absolute atomic E-state index is 0.0620. The Bertz CT molecular complexity index is 751. The highest BCUT2D eigenvalue weighted by Gasteiger charge is 2.17. The van der Waals surface area contributed by atoms with E-state index in [1.165, 1.54) is 29.5 Å². The fraction of sp³-hybridized carbons (Fsp3) is 0.381. The fourth-order valence-corrected chi connectivity index (χ4v) is 3.45. The van der Waals surface area contributed by atoms with E-state index < -0.39 is 0 Å². The van der Waals surface area contributed by atoms with E-state index in [-0.39, 0.29) is 5.91 Å². The van der Waals surface area contributed by atoms with Crippen molar-refractivity contribution in [3.8, 4) is 5.75 Å². The third kappa shape index (κ3) is 3.45. The van der Waals surface area contributed by atoms with E-state index in [1.54, 1.807) is 12.0 Å². The average molecular weight is 323 g/mol. The van der Waals surface area contributed by atoms with Gasteiger partial charge < -0.3 is 9.64 Å². The summed E-state index contributed by atoms with van der Waals surface area (Å²) in [6.07, 6.45) is 4.71. The molecule has 1 amide bonds. The zero-order valence-electron chi connectivity index (χ0n) is 14.8. The van der Waals surface area contributed by atoms with E-state index in [9.17, 15) is 4.79 Å². The van der Waals surface area contributed by atoms with Crippen LogP contribution < -0.4 is 4.74 Å². The molecule has 0 radical (unpaired) electrons. The van der Waals surface area contributed by atoms with Gasteiger partial charge in [0.25, 0.3) is 5.91 Å². The number of hydrogen-bond donors (Lipinski definition) is 0. The number of hydrogen-bond acceptors (Lipinski definition) is 2. The van der Waals surface area contributed by atoms with Gasteiger partial charge in [0.1, 0.15) is 5.75 Å². The summed E-state index contributed by atoms with van der Waals surface area (Å²) in [5.74, 6) is 0.887. The molecule has 0 bridgehead atoms. The minimum atomic E-state index is 0.0620. The molecule has 24 heavy (non-hydrogen) atoms. The predicted molar refractivity (Wildman–Crippen MR) is 96.6 cm³/mol. The lowest BCUT2D eigenvalue weighted by molar-refractivity contribution is 0.0784. The first-order chi connectivity index (χ1) is 11.6. The quantitative estimate of drug-likeness (QED) is 0.846. The molecule has 0 aliphatic heterocycles. The summed E-state index contributed by atoms with van der Waals surface area (Å²) in [6.45, 7) is 2.59. The smallest absolute Gasteiger partial charge is 0.253 e. The van der Waals surface area contributed by atoms with E-state index in [4.69, 9.17) is 4.74 Å². The number of rotatable bonds is 4. The molecule has 126 valence electrons. The molecule has 0 saturated carbocycles. The Labute approximate surface area is 144 Å². The Hall–Kier alpha value is -2.29. The van der Waals surface area contributed by atoms with Crippen LogP contribution in [0.1, 0.15) is 45.5 Å². The number of carbonyl (C=O) groups is 1. The SMILES string of the molecule is COc1ccc(C)cc1CN(C)C(=O)c1ccc2c(c1)CCCC2. The maximum absolute atomic E-state index is 12.8. The third-order valence-corrected chi connectivity index (χ3v) is 4.79. The molecular formula is C21H25NO2. The van der Waals surface area contributed by atoms with Gasteiger partial charge in [0, 0.05) is 24.7 Å². The highest BCUT2D eigenvalue weighted by molar-refractivity contribution is 5.94. The molecule has 0 N–H and O–H groups in total. The van der Waals surface area contributed by atoms with Gasteiger partial charge in [-0.3, -0.25) is 4.79 Å². The van der Waals surface area contributed by atoms with E-state index in [2.05, 4.69) is 18.2 Å². The van der Waals surface area contributed by atoms with Crippen molar-refractivity contribution in [2.75, 3.05) is 14.2 Å². The lowest BCUT2D eigenvalue weighted by Gasteiger charge is -2.21. The molecular weight excluding hydrogens is 298 g/mol. The molecule has 1 aliphatic carbocycles. The number of ether oxygens (including phenoxy) is 1. The number of nitrogens with zero attached hydrogens (tertiary/aromatic N) is 1. The van der Waals surface area contributed by atoms with Crippen LogP contribution >= 0.6 is 0 Å². The highest BCUT2D eigenvalue weighted by atomic mass is 16.5. The largest absolute Gasteiger partial charge is 0.496 e. The van der Waals surface area contributed by atoms with Crippen molar-refractivity contribution >= 4 is 5.91 Å². The minimum Gasteiger partial charge on any atom is -0.496 e. The summed E-state index contributed by atoms with van der Waals surface area (Å²) < 4.78 is 5.42. The zero-order valence-corrected chi connectivity index (χ0v) is 14.8. The lowest BCUT2D eigenvalue weighted by atomic mass is 9.90. The lowest BCUT2D eigenvalue weighted by Crippen LogP contribution is -2.26. The Balaban J connectivity index is 1.79. The molecule has 1 aliphatic rings. The van der Waals surface area contributed by atoms with Gasteiger partial charge in [-0.05, 0) is 61.9 Å². The maximum Gasteiger partial charge on any atom is 0.253 e. The van der Waals surface area contributed by atoms with Crippen molar-refractivity contribution in [1.29, 1.82) is 0 Å². The van der Waals surface area contributed by atoms with Crippen LogP contribution in [0.25, 0.3) is 0 Å². The van der Waals surface area contributed by atoms with Crippen molar-refractivity contribution in [3.63, 3.8) is 0 Å². The van der Waals surface area contributed by atoms with Gasteiger partial charge in [0.05, 0.1) is 7.11 Å². The van der Waals surface area contributed by atoms with Crippen molar-refractivity contribution in [2.24, 2.45) is 0 Å². The number of methoxy groups -OCH3 is 1. The van der Waals surface area contributed by atoms with Crippen molar-refractivity contribution in [2.45, 2.75) is 39.2 Å². The molecule has 0 atom stereocenters. The van der Waals surface area contributed by atoms with Gasteiger partial charge in [0.15, 0.2) is 0 Å². The van der Waals surface area contributed by atoms with E-state index in [0.29, 0.717) is 6.54 Å².